The van der Waals surface area contributed by atoms with Crippen LogP contribution in [0.3, 0.4) is 0 Å². The summed E-state index contributed by atoms with van der Waals surface area (Å²) in [6.45, 7) is 5.11. The first-order chi connectivity index (χ1) is 6.53. The normalized spacial score (nSPS) is 13.6. The van der Waals surface area contributed by atoms with Gasteiger partial charge >= 0.3 is 0 Å². The first kappa shape index (κ1) is 12.0. The third kappa shape index (κ3) is 3.95. The molecule has 0 aromatic heterocycles. The molecule has 0 heterocycles. The highest BCUT2D eigenvalue weighted by atomic mass is 29.7. The lowest BCUT2D eigenvalue weighted by molar-refractivity contribution is 0.475. The highest BCUT2D eigenvalue weighted by Crippen LogP contribution is 2.14. The zero-order valence-corrected chi connectivity index (χ0v) is 15.2. The van der Waals surface area contributed by atoms with E-state index < -0.39 is 7.59 Å². The SMILES string of the molecule is C[Si](C)(Cc1ccc(O)cc1)[SiH2][SiH2][SiH3]. The molecule has 0 aliphatic heterocycles. The lowest BCUT2D eigenvalue weighted by Gasteiger charge is -2.21. The van der Waals surface area contributed by atoms with Crippen LogP contribution < -0.4 is 0 Å². The van der Waals surface area contributed by atoms with E-state index >= 15 is 0 Å². The van der Waals surface area contributed by atoms with E-state index in [1.165, 1.54) is 21.4 Å². The number of rotatable bonds is 4. The Balaban J connectivity index is 2.64. The smallest absolute Gasteiger partial charge is 0.115 e. The molecule has 5 heteroatoms. The predicted molar refractivity (Wildman–Crippen MR) is 76.3 cm³/mol. The summed E-state index contributed by atoms with van der Waals surface area (Å²) in [5, 5.41) is 9.19. The van der Waals surface area contributed by atoms with Crippen molar-refractivity contribution in [2.24, 2.45) is 0 Å². The summed E-state index contributed by atoms with van der Waals surface area (Å²) in [5.41, 5.74) is 1.44. The van der Waals surface area contributed by atoms with Gasteiger partial charge in [-0.1, -0.05) is 30.8 Å². The van der Waals surface area contributed by atoms with Gasteiger partial charge in [0.05, 0.1) is 0 Å². The summed E-state index contributed by atoms with van der Waals surface area (Å²) < 4.78 is 0. The van der Waals surface area contributed by atoms with Crippen LogP contribution in [0.2, 0.25) is 13.1 Å². The van der Waals surface area contributed by atoms with Crippen molar-refractivity contribution in [2.75, 3.05) is 0 Å². The van der Waals surface area contributed by atoms with Gasteiger partial charge in [0.25, 0.3) is 0 Å². The molecule has 0 unspecified atom stereocenters. The lowest BCUT2D eigenvalue weighted by Crippen LogP contribution is -2.41. The Labute approximate surface area is 94.4 Å². The number of aromatic hydroxyl groups is 1. The van der Waals surface area contributed by atoms with Crippen molar-refractivity contribution in [3.8, 4) is 5.75 Å². The van der Waals surface area contributed by atoms with E-state index in [9.17, 15) is 5.11 Å². The Morgan fingerprint density at radius 3 is 2.36 bits per heavy atom. The minimum Gasteiger partial charge on any atom is -0.508 e. The molecule has 1 aromatic carbocycles. The fourth-order valence-electron chi connectivity index (χ4n) is 1.93. The maximum atomic E-state index is 9.19. The van der Waals surface area contributed by atoms with Gasteiger partial charge < -0.3 is 5.11 Å². The molecule has 0 amide bonds. The Morgan fingerprint density at radius 1 is 1.29 bits per heavy atom. The zero-order chi connectivity index (χ0) is 10.6. The average molecular weight is 257 g/mol. The van der Waals surface area contributed by atoms with Gasteiger partial charge in [-0.2, -0.15) is 0 Å². The molecule has 1 aromatic rings. The molecule has 0 spiro atoms. The maximum Gasteiger partial charge on any atom is 0.115 e. The number of phenolic OH excluding ortho intramolecular Hbond substituents is 1. The summed E-state index contributed by atoms with van der Waals surface area (Å²) >= 11 is 0. The van der Waals surface area contributed by atoms with E-state index in [-0.39, 0.29) is 0 Å². The van der Waals surface area contributed by atoms with Crippen LogP contribution in [0.1, 0.15) is 5.56 Å². The highest BCUT2D eigenvalue weighted by molar-refractivity contribution is 7.50. The second-order valence-electron chi connectivity index (χ2n) is 4.76. The third-order valence-corrected chi connectivity index (χ3v) is 42.3. The van der Waals surface area contributed by atoms with E-state index in [1.807, 2.05) is 12.1 Å². The first-order valence-corrected chi connectivity index (χ1v) is 20.5. The third-order valence-electron chi connectivity index (χ3n) is 2.55. The molecule has 0 saturated heterocycles. The van der Waals surface area contributed by atoms with Crippen molar-refractivity contribution in [1.82, 2.24) is 0 Å². The van der Waals surface area contributed by atoms with Gasteiger partial charge in [-0.3, -0.25) is 0 Å². The molecular formula is C9H20OSi4. The summed E-state index contributed by atoms with van der Waals surface area (Å²) in [6, 6.07) is 9.16. The molecule has 0 fully saturated rings. The summed E-state index contributed by atoms with van der Waals surface area (Å²) in [6.07, 6.45) is 0. The van der Waals surface area contributed by atoms with Gasteiger partial charge in [0.15, 0.2) is 0 Å². The van der Waals surface area contributed by atoms with Gasteiger partial charge in [-0.25, -0.2) is 0 Å². The number of hydrogen-bond acceptors (Lipinski definition) is 1. The van der Waals surface area contributed by atoms with Gasteiger partial charge in [0.2, 0.25) is 0 Å². The van der Waals surface area contributed by atoms with E-state index in [0.29, 0.717) is 22.9 Å². The van der Waals surface area contributed by atoms with Gasteiger partial charge in [0, 0.05) is 16.1 Å². The van der Waals surface area contributed by atoms with Crippen molar-refractivity contribution in [2.45, 2.75) is 19.1 Å². The molecule has 0 bridgehead atoms. The number of benzene rings is 1. The molecule has 0 aliphatic rings. The van der Waals surface area contributed by atoms with Crippen LogP contribution in [0.25, 0.3) is 0 Å². The van der Waals surface area contributed by atoms with Crippen LogP contribution in [-0.2, 0) is 6.04 Å². The molecule has 1 N–H and O–H groups in total. The predicted octanol–water partition coefficient (Wildman–Crippen LogP) is -0.788. The summed E-state index contributed by atoms with van der Waals surface area (Å²) in [7, 11) is 1.57. The van der Waals surface area contributed by atoms with Crippen molar-refractivity contribution in [3.63, 3.8) is 0 Å². The quantitative estimate of drug-likeness (QED) is 0.701. The first-order valence-electron chi connectivity index (χ1n) is 5.31. The Bertz CT molecular complexity index is 283. The van der Waals surface area contributed by atoms with Crippen LogP contribution in [0.4, 0.5) is 0 Å². The topological polar surface area (TPSA) is 20.2 Å². The van der Waals surface area contributed by atoms with Crippen LogP contribution in [0.5, 0.6) is 5.75 Å². The highest BCUT2D eigenvalue weighted by Gasteiger charge is 2.19. The number of phenols is 1. The van der Waals surface area contributed by atoms with Crippen LogP contribution in [0.15, 0.2) is 24.3 Å². The fourth-order valence-corrected chi connectivity index (χ4v) is 60.6. The standard InChI is InChI=1S/C9H20OSi4/c1-14(2,13-12-11)7-8-3-5-9(10)6-4-8/h3-6,10H,7,12-13H2,1-2,11H3. The van der Waals surface area contributed by atoms with Gasteiger partial charge in [-0.05, 0) is 36.5 Å². The molecule has 0 saturated carbocycles. The largest absolute Gasteiger partial charge is 0.508 e. The van der Waals surface area contributed by atoms with E-state index in [2.05, 4.69) is 25.2 Å². The molecule has 0 radical (unpaired) electrons. The number of hydrogen-bond donors (Lipinski definition) is 1. The van der Waals surface area contributed by atoms with Crippen molar-refractivity contribution < 1.29 is 5.11 Å². The van der Waals surface area contributed by atoms with E-state index in [4.69, 9.17) is 0 Å². The van der Waals surface area contributed by atoms with Crippen LogP contribution in [0, 0.1) is 0 Å². The minimum absolute atomic E-state index is 0.373. The molecule has 0 aliphatic carbocycles. The Kier molecular flexibility index (Phi) is 4.36. The maximum absolute atomic E-state index is 9.19. The molecule has 14 heavy (non-hydrogen) atoms. The molecule has 78 valence electrons. The minimum atomic E-state index is -0.808. The fraction of sp³-hybridized carbons (Fsp3) is 0.333. The Hall–Kier alpha value is -0.112. The average Bonchev–Trinajstić information content (AvgIpc) is 2.08. The van der Waals surface area contributed by atoms with Gasteiger partial charge in [0.1, 0.15) is 5.75 Å². The van der Waals surface area contributed by atoms with Gasteiger partial charge in [-0.15, -0.1) is 0 Å². The van der Waals surface area contributed by atoms with E-state index in [0.717, 1.165) is 0 Å². The molecule has 1 rings (SSSR count). The second-order valence-corrected chi connectivity index (χ2v) is 34.7. The lowest BCUT2D eigenvalue weighted by atomic mass is 10.2. The summed E-state index contributed by atoms with van der Waals surface area (Å²) in [4.78, 5) is 0. The van der Waals surface area contributed by atoms with E-state index in [1.54, 1.807) is 0 Å². The van der Waals surface area contributed by atoms with Crippen LogP contribution in [-0.4, -0.2) is 39.6 Å². The van der Waals surface area contributed by atoms with Crippen LogP contribution >= 0.6 is 0 Å². The molecular weight excluding hydrogens is 236 g/mol. The Morgan fingerprint density at radius 2 is 1.86 bits per heavy atom. The van der Waals surface area contributed by atoms with Crippen molar-refractivity contribution >= 4 is 34.5 Å². The monoisotopic (exact) mass is 256 g/mol. The van der Waals surface area contributed by atoms with Crippen molar-refractivity contribution in [3.05, 3.63) is 29.8 Å². The molecule has 0 atom stereocenters. The zero-order valence-electron chi connectivity index (χ0n) is 9.38. The van der Waals surface area contributed by atoms with Crippen molar-refractivity contribution in [1.29, 1.82) is 0 Å². The molecule has 1 nitrogen and oxygen atoms in total. The second kappa shape index (κ2) is 5.11. The summed E-state index contributed by atoms with van der Waals surface area (Å²) in [5.74, 6) is 0.391.